The van der Waals surface area contributed by atoms with Gasteiger partial charge in [-0.15, -0.1) is 0 Å². The molecule has 0 saturated heterocycles. The maximum Gasteiger partial charge on any atom is 0.260 e. The molecule has 0 radical (unpaired) electrons. The lowest BCUT2D eigenvalue weighted by Crippen LogP contribution is -2.40. The Morgan fingerprint density at radius 2 is 2.00 bits per heavy atom. The van der Waals surface area contributed by atoms with Crippen LogP contribution < -0.4 is 5.32 Å². The molecule has 31 heavy (non-hydrogen) atoms. The zero-order valence-corrected chi connectivity index (χ0v) is 17.7. The summed E-state index contributed by atoms with van der Waals surface area (Å²) in [6.45, 7) is 5.40. The van der Waals surface area contributed by atoms with Crippen molar-refractivity contribution in [2.45, 2.75) is 39.0 Å². The van der Waals surface area contributed by atoms with Crippen molar-refractivity contribution in [1.29, 1.82) is 0 Å². The monoisotopic (exact) mass is 426 g/mol. The number of carbonyl (C=O) groups excluding carboxylic acids is 1. The van der Waals surface area contributed by atoms with Crippen molar-refractivity contribution in [3.8, 4) is 0 Å². The first-order chi connectivity index (χ1) is 14.9. The number of rotatable bonds is 7. The molecule has 0 aliphatic carbocycles. The molecule has 6 nitrogen and oxygen atoms in total. The number of benzene rings is 2. The van der Waals surface area contributed by atoms with Crippen LogP contribution in [0.5, 0.6) is 0 Å². The van der Waals surface area contributed by atoms with Crippen LogP contribution in [0.15, 0.2) is 36.4 Å². The molecule has 0 unspecified atom stereocenters. The third kappa shape index (κ3) is 4.35. The van der Waals surface area contributed by atoms with Crippen molar-refractivity contribution in [3.05, 3.63) is 64.5 Å². The summed E-state index contributed by atoms with van der Waals surface area (Å²) >= 11 is 0. The predicted molar refractivity (Wildman–Crippen MR) is 117 cm³/mol. The summed E-state index contributed by atoms with van der Waals surface area (Å²) in [5.74, 6) is -0.205. The number of aliphatic hydroxyl groups is 2. The van der Waals surface area contributed by atoms with Crippen LogP contribution in [0.25, 0.3) is 11.3 Å². The van der Waals surface area contributed by atoms with Crippen LogP contribution >= 0.6 is 0 Å². The third-order valence-corrected chi connectivity index (χ3v) is 5.81. The quantitative estimate of drug-likeness (QED) is 0.593. The number of nitrogens with one attached hydrogen (secondary N) is 1. The smallest absolute Gasteiger partial charge is 0.260 e. The van der Waals surface area contributed by atoms with Crippen molar-refractivity contribution in [2.75, 3.05) is 25.0 Å². The summed E-state index contributed by atoms with van der Waals surface area (Å²) < 4.78 is 19.7. The van der Waals surface area contributed by atoms with Gasteiger partial charge in [0.1, 0.15) is 18.2 Å². The first-order valence-electron chi connectivity index (χ1n) is 10.5. The average molecular weight is 426 g/mol. The minimum absolute atomic E-state index is 0.247. The number of nitrogens with zero attached hydrogens (tertiary/aromatic N) is 1. The van der Waals surface area contributed by atoms with Gasteiger partial charge in [0, 0.05) is 41.5 Å². The zero-order valence-electron chi connectivity index (χ0n) is 17.7. The molecule has 3 N–H and O–H groups in total. The summed E-state index contributed by atoms with van der Waals surface area (Å²) in [4.78, 5) is 14.7. The molecule has 7 heteroatoms. The number of aliphatic hydroxyl groups excluding tert-OH is 2. The van der Waals surface area contributed by atoms with E-state index in [1.807, 2.05) is 12.1 Å². The molecule has 2 aliphatic heterocycles. The van der Waals surface area contributed by atoms with E-state index in [0.717, 1.165) is 29.7 Å². The SMILES string of the molecule is CC(C)N(CCc1ccc2c(c1)COC2=C1C(=O)Nc2ccc(F)cc21)C[C@H](O)CO. The Hall–Kier alpha value is -2.74. The van der Waals surface area contributed by atoms with Gasteiger partial charge in [0.2, 0.25) is 0 Å². The summed E-state index contributed by atoms with van der Waals surface area (Å²) in [6, 6.07) is 10.5. The number of halogens is 1. The molecule has 1 atom stereocenters. The van der Waals surface area contributed by atoms with Gasteiger partial charge in [0.05, 0.1) is 18.3 Å². The van der Waals surface area contributed by atoms with Gasteiger partial charge < -0.3 is 20.3 Å². The minimum Gasteiger partial charge on any atom is -0.487 e. The van der Waals surface area contributed by atoms with Gasteiger partial charge in [-0.25, -0.2) is 4.39 Å². The van der Waals surface area contributed by atoms with Crippen molar-refractivity contribution in [3.63, 3.8) is 0 Å². The van der Waals surface area contributed by atoms with Crippen LogP contribution in [0.3, 0.4) is 0 Å². The number of anilines is 1. The van der Waals surface area contributed by atoms with E-state index in [1.165, 1.54) is 12.1 Å². The average Bonchev–Trinajstić information content (AvgIpc) is 3.29. The Kier molecular flexibility index (Phi) is 6.09. The van der Waals surface area contributed by atoms with Crippen LogP contribution in [-0.2, 0) is 22.6 Å². The Morgan fingerprint density at radius 1 is 1.19 bits per heavy atom. The number of carbonyl (C=O) groups is 1. The van der Waals surface area contributed by atoms with Crippen molar-refractivity contribution in [2.24, 2.45) is 0 Å². The predicted octanol–water partition coefficient (Wildman–Crippen LogP) is 2.78. The maximum atomic E-state index is 13.8. The number of ether oxygens (including phenoxy) is 1. The highest BCUT2D eigenvalue weighted by atomic mass is 19.1. The van der Waals surface area contributed by atoms with Crippen LogP contribution in [0.4, 0.5) is 10.1 Å². The van der Waals surface area contributed by atoms with Crippen LogP contribution in [0.1, 0.15) is 36.1 Å². The van der Waals surface area contributed by atoms with E-state index in [1.54, 1.807) is 6.07 Å². The Morgan fingerprint density at radius 3 is 2.74 bits per heavy atom. The summed E-state index contributed by atoms with van der Waals surface area (Å²) in [6.07, 6.45) is 0.0274. The second kappa shape index (κ2) is 8.78. The van der Waals surface area contributed by atoms with E-state index < -0.39 is 11.9 Å². The van der Waals surface area contributed by atoms with Crippen molar-refractivity contribution >= 4 is 22.9 Å². The molecule has 4 rings (SSSR count). The second-order valence-electron chi connectivity index (χ2n) is 8.30. The first-order valence-corrected chi connectivity index (χ1v) is 10.5. The lowest BCUT2D eigenvalue weighted by atomic mass is 9.98. The normalized spacial score (nSPS) is 18.2. The summed E-state index contributed by atoms with van der Waals surface area (Å²) in [5, 5.41) is 21.7. The minimum atomic E-state index is -0.754. The van der Waals surface area contributed by atoms with E-state index >= 15 is 0 Å². The standard InChI is InChI=1S/C24H27FN2O4/c1-14(2)27(11-18(29)12-28)8-7-15-3-5-19-16(9-15)13-31-23(19)22-20-10-17(25)4-6-21(20)26-24(22)30/h3-6,9-10,14,18,28-29H,7-8,11-13H2,1-2H3,(H,26,30)/t18-/m0/s1. The number of hydrogen-bond donors (Lipinski definition) is 3. The van der Waals surface area contributed by atoms with Crippen molar-refractivity contribution < 1.29 is 24.1 Å². The second-order valence-corrected chi connectivity index (χ2v) is 8.30. The molecule has 2 aromatic rings. The van der Waals surface area contributed by atoms with Gasteiger partial charge in [-0.1, -0.05) is 18.2 Å². The topological polar surface area (TPSA) is 82.0 Å². The molecular weight excluding hydrogens is 399 g/mol. The molecule has 0 bridgehead atoms. The molecule has 0 fully saturated rings. The fourth-order valence-corrected chi connectivity index (χ4v) is 4.10. The highest BCUT2D eigenvalue weighted by molar-refractivity contribution is 6.36. The Balaban J connectivity index is 1.56. The maximum absolute atomic E-state index is 13.8. The molecular formula is C24H27FN2O4. The zero-order chi connectivity index (χ0) is 22.1. The van der Waals surface area contributed by atoms with Gasteiger partial charge in [-0.3, -0.25) is 9.69 Å². The van der Waals surface area contributed by atoms with Gasteiger partial charge in [-0.05, 0) is 44.0 Å². The summed E-state index contributed by atoms with van der Waals surface area (Å²) in [7, 11) is 0. The van der Waals surface area contributed by atoms with Gasteiger partial charge in [0.15, 0.2) is 0 Å². The van der Waals surface area contributed by atoms with Crippen LogP contribution in [-0.4, -0.2) is 52.9 Å². The Labute approximate surface area is 181 Å². The van der Waals surface area contributed by atoms with E-state index in [4.69, 9.17) is 9.84 Å². The van der Waals surface area contributed by atoms with Crippen LogP contribution in [0.2, 0.25) is 0 Å². The van der Waals surface area contributed by atoms with E-state index in [9.17, 15) is 14.3 Å². The molecule has 164 valence electrons. The molecule has 0 saturated carbocycles. The third-order valence-electron chi connectivity index (χ3n) is 5.81. The highest BCUT2D eigenvalue weighted by Gasteiger charge is 2.32. The number of fused-ring (bicyclic) bond motifs is 2. The molecule has 2 aliphatic rings. The van der Waals surface area contributed by atoms with Gasteiger partial charge in [0.25, 0.3) is 5.91 Å². The fourth-order valence-electron chi connectivity index (χ4n) is 4.10. The Bertz CT molecular complexity index is 1030. The van der Waals surface area contributed by atoms with E-state index in [0.29, 0.717) is 35.7 Å². The molecule has 2 heterocycles. The van der Waals surface area contributed by atoms with Gasteiger partial charge >= 0.3 is 0 Å². The molecule has 2 aromatic carbocycles. The fraction of sp³-hybridized carbons (Fsp3) is 0.375. The first kappa shape index (κ1) is 21.5. The largest absolute Gasteiger partial charge is 0.487 e. The van der Waals surface area contributed by atoms with E-state index in [-0.39, 0.29) is 18.6 Å². The molecule has 0 spiro atoms. The van der Waals surface area contributed by atoms with Crippen molar-refractivity contribution in [1.82, 2.24) is 4.90 Å². The highest BCUT2D eigenvalue weighted by Crippen LogP contribution is 2.41. The lowest BCUT2D eigenvalue weighted by molar-refractivity contribution is -0.110. The number of hydrogen-bond acceptors (Lipinski definition) is 5. The van der Waals surface area contributed by atoms with Crippen LogP contribution in [0, 0.1) is 5.82 Å². The van der Waals surface area contributed by atoms with E-state index in [2.05, 4.69) is 30.1 Å². The summed E-state index contributed by atoms with van der Waals surface area (Å²) in [5.41, 5.74) is 4.44. The molecule has 0 aromatic heterocycles. The number of amides is 1. The lowest BCUT2D eigenvalue weighted by Gasteiger charge is -2.28. The molecule has 1 amide bonds. The van der Waals surface area contributed by atoms with Gasteiger partial charge in [-0.2, -0.15) is 0 Å².